The lowest BCUT2D eigenvalue weighted by Crippen LogP contribution is -2.47. The quantitative estimate of drug-likeness (QED) is 0.794. The summed E-state index contributed by atoms with van der Waals surface area (Å²) in [7, 11) is 0. The van der Waals surface area contributed by atoms with E-state index in [0.29, 0.717) is 11.5 Å². The molecule has 0 aliphatic heterocycles. The molecule has 2 heteroatoms. The Balaban J connectivity index is 2.54. The molecule has 1 unspecified atom stereocenters. The molecular formula is C17H28ClN. The summed E-state index contributed by atoms with van der Waals surface area (Å²) in [6.45, 7) is 13.7. The second kappa shape index (κ2) is 6.28. The van der Waals surface area contributed by atoms with Crippen LogP contribution in [0.15, 0.2) is 24.3 Å². The third-order valence-corrected chi connectivity index (χ3v) is 3.32. The number of hydrogen-bond donors (Lipinski definition) is 1. The number of benzene rings is 1. The van der Waals surface area contributed by atoms with Gasteiger partial charge in [-0.25, -0.2) is 0 Å². The number of hydrogen-bond acceptors (Lipinski definition) is 1. The summed E-state index contributed by atoms with van der Waals surface area (Å²) in [6.07, 6.45) is 2.19. The van der Waals surface area contributed by atoms with Gasteiger partial charge in [-0.2, -0.15) is 0 Å². The van der Waals surface area contributed by atoms with Crippen LogP contribution in [-0.2, 0) is 6.42 Å². The van der Waals surface area contributed by atoms with Gasteiger partial charge in [-0.05, 0) is 56.7 Å². The molecule has 0 saturated heterocycles. The average Bonchev–Trinajstić information content (AvgIpc) is 2.16. The van der Waals surface area contributed by atoms with Crippen LogP contribution < -0.4 is 5.32 Å². The van der Waals surface area contributed by atoms with Gasteiger partial charge in [0.15, 0.2) is 0 Å². The Bertz CT molecular complexity index is 387. The highest BCUT2D eigenvalue weighted by Crippen LogP contribution is 2.27. The van der Waals surface area contributed by atoms with Crippen LogP contribution in [0.3, 0.4) is 0 Å². The minimum atomic E-state index is 0.157. The van der Waals surface area contributed by atoms with E-state index in [0.717, 1.165) is 17.9 Å². The molecule has 0 fully saturated rings. The molecule has 0 saturated carbocycles. The van der Waals surface area contributed by atoms with Crippen LogP contribution in [0.5, 0.6) is 0 Å². The molecule has 0 radical (unpaired) electrons. The molecule has 0 amide bonds. The fourth-order valence-electron chi connectivity index (χ4n) is 3.07. The molecule has 1 atom stereocenters. The summed E-state index contributed by atoms with van der Waals surface area (Å²) in [5.41, 5.74) is 1.83. The third-order valence-electron chi connectivity index (χ3n) is 3.06. The van der Waals surface area contributed by atoms with E-state index in [1.165, 1.54) is 5.56 Å². The summed E-state index contributed by atoms with van der Waals surface area (Å²) in [5.74, 6) is 0. The standard InChI is InChI=1S/C17H28ClN/c1-13(11-14-7-9-15(18)10-8-14)19-17(5,6)12-16(2,3)4/h7-10,13,19H,11-12H2,1-6H3. The zero-order valence-corrected chi connectivity index (χ0v) is 13.9. The Hall–Kier alpha value is -0.530. The highest BCUT2D eigenvalue weighted by molar-refractivity contribution is 6.30. The van der Waals surface area contributed by atoms with E-state index in [-0.39, 0.29) is 5.54 Å². The maximum atomic E-state index is 5.91. The van der Waals surface area contributed by atoms with Crippen molar-refractivity contribution in [3.63, 3.8) is 0 Å². The molecule has 19 heavy (non-hydrogen) atoms. The lowest BCUT2D eigenvalue weighted by Gasteiger charge is -2.36. The second-order valence-electron chi connectivity index (χ2n) is 7.50. The van der Waals surface area contributed by atoms with Crippen LogP contribution in [-0.4, -0.2) is 11.6 Å². The Morgan fingerprint density at radius 2 is 1.58 bits per heavy atom. The summed E-state index contributed by atoms with van der Waals surface area (Å²) in [4.78, 5) is 0. The molecule has 0 aliphatic rings. The molecule has 1 aromatic carbocycles. The van der Waals surface area contributed by atoms with Gasteiger partial charge in [0.2, 0.25) is 0 Å². The molecule has 108 valence electrons. The van der Waals surface area contributed by atoms with Gasteiger partial charge in [0.05, 0.1) is 0 Å². The van der Waals surface area contributed by atoms with Gasteiger partial charge in [0.25, 0.3) is 0 Å². The van der Waals surface area contributed by atoms with Gasteiger partial charge in [0.1, 0.15) is 0 Å². The lowest BCUT2D eigenvalue weighted by atomic mass is 9.81. The molecule has 1 nitrogen and oxygen atoms in total. The van der Waals surface area contributed by atoms with Gasteiger partial charge in [-0.1, -0.05) is 44.5 Å². The van der Waals surface area contributed by atoms with E-state index in [2.05, 4.69) is 59.0 Å². The number of halogens is 1. The zero-order chi connectivity index (χ0) is 14.7. The minimum Gasteiger partial charge on any atom is -0.309 e. The molecule has 0 bridgehead atoms. The first-order chi connectivity index (χ1) is 8.57. The van der Waals surface area contributed by atoms with Crippen molar-refractivity contribution in [1.29, 1.82) is 0 Å². The van der Waals surface area contributed by atoms with E-state index < -0.39 is 0 Å². The molecule has 0 spiro atoms. The smallest absolute Gasteiger partial charge is 0.0406 e. The SMILES string of the molecule is CC(Cc1ccc(Cl)cc1)NC(C)(C)CC(C)(C)C. The maximum absolute atomic E-state index is 5.91. The van der Waals surface area contributed by atoms with Crippen molar-refractivity contribution in [2.45, 2.75) is 66.0 Å². The highest BCUT2D eigenvalue weighted by Gasteiger charge is 2.26. The normalized spacial score (nSPS) is 14.5. The van der Waals surface area contributed by atoms with Gasteiger partial charge in [0, 0.05) is 16.6 Å². The van der Waals surface area contributed by atoms with Gasteiger partial charge in [-0.15, -0.1) is 0 Å². The second-order valence-corrected chi connectivity index (χ2v) is 7.93. The zero-order valence-electron chi connectivity index (χ0n) is 13.2. The largest absolute Gasteiger partial charge is 0.309 e. The Kier molecular flexibility index (Phi) is 5.46. The van der Waals surface area contributed by atoms with E-state index in [9.17, 15) is 0 Å². The van der Waals surface area contributed by atoms with E-state index in [1.807, 2.05) is 12.1 Å². The van der Waals surface area contributed by atoms with Crippen LogP contribution in [0.1, 0.15) is 53.5 Å². The van der Waals surface area contributed by atoms with Crippen molar-refractivity contribution in [2.75, 3.05) is 0 Å². The van der Waals surface area contributed by atoms with E-state index in [1.54, 1.807) is 0 Å². The first kappa shape index (κ1) is 16.5. The fourth-order valence-corrected chi connectivity index (χ4v) is 3.19. The van der Waals surface area contributed by atoms with Gasteiger partial charge < -0.3 is 5.32 Å². The van der Waals surface area contributed by atoms with Crippen LogP contribution in [0.2, 0.25) is 5.02 Å². The van der Waals surface area contributed by atoms with Crippen molar-refractivity contribution < 1.29 is 0 Å². The molecule has 0 aliphatic carbocycles. The Morgan fingerprint density at radius 3 is 2.05 bits per heavy atom. The van der Waals surface area contributed by atoms with Crippen molar-refractivity contribution in [3.05, 3.63) is 34.9 Å². The van der Waals surface area contributed by atoms with Gasteiger partial charge in [-0.3, -0.25) is 0 Å². The van der Waals surface area contributed by atoms with Crippen molar-refractivity contribution in [3.8, 4) is 0 Å². The molecular weight excluding hydrogens is 254 g/mol. The summed E-state index contributed by atoms with van der Waals surface area (Å²) in [5, 5.41) is 4.55. The van der Waals surface area contributed by atoms with Crippen LogP contribution in [0.25, 0.3) is 0 Å². The summed E-state index contributed by atoms with van der Waals surface area (Å²) in [6, 6.07) is 8.60. The minimum absolute atomic E-state index is 0.157. The predicted octanol–water partition coefficient (Wildman–Crippen LogP) is 5.08. The van der Waals surface area contributed by atoms with Crippen molar-refractivity contribution >= 4 is 11.6 Å². The van der Waals surface area contributed by atoms with E-state index >= 15 is 0 Å². The van der Waals surface area contributed by atoms with E-state index in [4.69, 9.17) is 11.6 Å². The van der Waals surface area contributed by atoms with Crippen LogP contribution in [0, 0.1) is 5.41 Å². The maximum Gasteiger partial charge on any atom is 0.0406 e. The first-order valence-corrected chi connectivity index (χ1v) is 7.47. The van der Waals surface area contributed by atoms with Crippen molar-refractivity contribution in [2.24, 2.45) is 5.41 Å². The van der Waals surface area contributed by atoms with Crippen LogP contribution >= 0.6 is 11.6 Å². The third kappa shape index (κ3) is 6.98. The van der Waals surface area contributed by atoms with Crippen LogP contribution in [0.4, 0.5) is 0 Å². The Morgan fingerprint density at radius 1 is 1.05 bits per heavy atom. The monoisotopic (exact) mass is 281 g/mol. The average molecular weight is 282 g/mol. The number of rotatable bonds is 5. The molecule has 0 heterocycles. The summed E-state index contributed by atoms with van der Waals surface area (Å²) >= 11 is 5.91. The fraction of sp³-hybridized carbons (Fsp3) is 0.647. The van der Waals surface area contributed by atoms with Gasteiger partial charge >= 0.3 is 0 Å². The van der Waals surface area contributed by atoms with Crippen molar-refractivity contribution in [1.82, 2.24) is 5.32 Å². The molecule has 1 N–H and O–H groups in total. The number of nitrogens with one attached hydrogen (secondary N) is 1. The molecule has 1 rings (SSSR count). The first-order valence-electron chi connectivity index (χ1n) is 7.10. The Labute approximate surface area is 123 Å². The highest BCUT2D eigenvalue weighted by atomic mass is 35.5. The summed E-state index contributed by atoms with van der Waals surface area (Å²) < 4.78 is 0. The lowest BCUT2D eigenvalue weighted by molar-refractivity contribution is 0.226. The molecule has 1 aromatic rings. The predicted molar refractivity (Wildman–Crippen MR) is 85.9 cm³/mol. The topological polar surface area (TPSA) is 12.0 Å². The molecule has 0 aromatic heterocycles.